The van der Waals surface area contributed by atoms with Crippen LogP contribution in [0.25, 0.3) is 0 Å². The molecule has 0 spiro atoms. The predicted molar refractivity (Wildman–Crippen MR) is 129 cm³/mol. The maximum absolute atomic E-state index is 13.5. The van der Waals surface area contributed by atoms with Crippen molar-refractivity contribution in [3.63, 3.8) is 0 Å². The Morgan fingerprint density at radius 2 is 1.41 bits per heavy atom. The molecule has 1 heterocycles. The van der Waals surface area contributed by atoms with E-state index in [0.717, 1.165) is 17.7 Å². The van der Waals surface area contributed by atoms with Crippen LogP contribution in [0.15, 0.2) is 36.4 Å². The van der Waals surface area contributed by atoms with E-state index in [9.17, 15) is 14.4 Å². The fourth-order valence-corrected chi connectivity index (χ4v) is 4.72. The van der Waals surface area contributed by atoms with Gasteiger partial charge < -0.3 is 10.6 Å². The molecule has 0 aromatic heterocycles. The maximum atomic E-state index is 13.5. The monoisotopic (exact) mass is 441 g/mol. The highest BCUT2D eigenvalue weighted by Crippen LogP contribution is 2.40. The fourth-order valence-electron chi connectivity index (χ4n) is 4.72. The first-order valence-corrected chi connectivity index (χ1v) is 11.3. The number of carbonyl (C=O) groups is 3. The van der Waals surface area contributed by atoms with Crippen LogP contribution in [0.3, 0.4) is 0 Å². The Morgan fingerprint density at radius 1 is 0.906 bits per heavy atom. The molecule has 1 aromatic rings. The number of imide groups is 1. The van der Waals surface area contributed by atoms with E-state index >= 15 is 0 Å². The molecule has 0 radical (unpaired) electrons. The predicted octanol–water partition coefficient (Wildman–Crippen LogP) is 4.41. The van der Waals surface area contributed by atoms with Crippen LogP contribution in [-0.2, 0) is 19.8 Å². The van der Waals surface area contributed by atoms with Gasteiger partial charge in [0.15, 0.2) is 0 Å². The Balaban J connectivity index is 2.26. The Morgan fingerprint density at radius 3 is 1.84 bits per heavy atom. The van der Waals surface area contributed by atoms with Crippen LogP contribution in [0, 0.1) is 5.41 Å². The van der Waals surface area contributed by atoms with Crippen LogP contribution >= 0.6 is 0 Å². The van der Waals surface area contributed by atoms with Gasteiger partial charge in [0.25, 0.3) is 11.8 Å². The van der Waals surface area contributed by atoms with Crippen LogP contribution in [-0.4, -0.2) is 40.7 Å². The van der Waals surface area contributed by atoms with Gasteiger partial charge in [-0.2, -0.15) is 0 Å². The van der Waals surface area contributed by atoms with Crippen molar-refractivity contribution >= 4 is 23.4 Å². The van der Waals surface area contributed by atoms with E-state index in [1.54, 1.807) is 0 Å². The van der Waals surface area contributed by atoms with Crippen LogP contribution in [0.2, 0.25) is 0 Å². The average Bonchev–Trinajstić information content (AvgIpc) is 3.05. The van der Waals surface area contributed by atoms with E-state index in [-0.39, 0.29) is 23.1 Å². The third kappa shape index (κ3) is 4.74. The van der Waals surface area contributed by atoms with E-state index < -0.39 is 16.5 Å². The molecule has 1 aliphatic rings. The lowest BCUT2D eigenvalue weighted by Gasteiger charge is -2.47. The fraction of sp³-hybridized carbons (Fsp3) is 0.577. The molecule has 0 aliphatic carbocycles. The molecule has 1 aromatic carbocycles. The molecular weight excluding hydrogens is 402 g/mol. The summed E-state index contributed by atoms with van der Waals surface area (Å²) in [6.45, 7) is 15.9. The van der Waals surface area contributed by atoms with Crippen LogP contribution in [0.1, 0.15) is 73.8 Å². The first kappa shape index (κ1) is 25.6. The van der Waals surface area contributed by atoms with Crippen molar-refractivity contribution in [3.8, 4) is 0 Å². The summed E-state index contributed by atoms with van der Waals surface area (Å²) in [7, 11) is 1.89. The number of hydrogen-bond donors (Lipinski definition) is 2. The van der Waals surface area contributed by atoms with Crippen molar-refractivity contribution in [1.82, 2.24) is 10.2 Å². The third-order valence-electron chi connectivity index (χ3n) is 7.28. The van der Waals surface area contributed by atoms with E-state index in [2.05, 4.69) is 50.5 Å². The second-order valence-electron chi connectivity index (χ2n) is 10.8. The molecular formula is C26H39N3O3. The molecule has 2 N–H and O–H groups in total. The molecule has 6 heteroatoms. The zero-order valence-electron chi connectivity index (χ0n) is 21.1. The SMILES string of the molecule is CCC(C)(NC(=O)C(C)(C)CC(C)(C)N1C(=O)C=CC1=O)C(C)(C)c1ccc(NC)cc1. The quantitative estimate of drug-likeness (QED) is 0.557. The van der Waals surface area contributed by atoms with Gasteiger partial charge >= 0.3 is 0 Å². The second-order valence-corrected chi connectivity index (χ2v) is 10.8. The van der Waals surface area contributed by atoms with Crippen molar-refractivity contribution in [1.29, 1.82) is 0 Å². The van der Waals surface area contributed by atoms with Crippen LogP contribution in [0.5, 0.6) is 0 Å². The van der Waals surface area contributed by atoms with Crippen molar-refractivity contribution in [2.45, 2.75) is 84.7 Å². The van der Waals surface area contributed by atoms with Gasteiger partial charge in [0.1, 0.15) is 0 Å². The van der Waals surface area contributed by atoms with E-state index in [0.29, 0.717) is 6.42 Å². The Bertz CT molecular complexity index is 895. The summed E-state index contributed by atoms with van der Waals surface area (Å²) in [6, 6.07) is 8.27. The summed E-state index contributed by atoms with van der Waals surface area (Å²) in [4.78, 5) is 39.2. The second kappa shape index (κ2) is 8.72. The van der Waals surface area contributed by atoms with Crippen molar-refractivity contribution in [2.75, 3.05) is 12.4 Å². The number of carbonyl (C=O) groups excluding carboxylic acids is 3. The highest BCUT2D eigenvalue weighted by molar-refractivity contribution is 6.13. The van der Waals surface area contributed by atoms with Gasteiger partial charge in [0.05, 0.1) is 0 Å². The normalized spacial score (nSPS) is 16.8. The number of anilines is 1. The van der Waals surface area contributed by atoms with Crippen molar-refractivity contribution < 1.29 is 14.4 Å². The molecule has 0 saturated heterocycles. The van der Waals surface area contributed by atoms with Gasteiger partial charge in [0.2, 0.25) is 5.91 Å². The first-order chi connectivity index (χ1) is 14.6. The number of rotatable bonds is 9. The average molecular weight is 442 g/mol. The summed E-state index contributed by atoms with van der Waals surface area (Å²) >= 11 is 0. The molecule has 0 saturated carbocycles. The van der Waals surface area contributed by atoms with E-state index in [1.807, 2.05) is 46.9 Å². The van der Waals surface area contributed by atoms with E-state index in [1.165, 1.54) is 17.1 Å². The Hall–Kier alpha value is -2.63. The highest BCUT2D eigenvalue weighted by atomic mass is 16.2. The summed E-state index contributed by atoms with van der Waals surface area (Å²) in [6.07, 6.45) is 3.66. The van der Waals surface area contributed by atoms with Gasteiger partial charge in [-0.15, -0.1) is 0 Å². The van der Waals surface area contributed by atoms with Gasteiger partial charge in [-0.3, -0.25) is 19.3 Å². The largest absolute Gasteiger partial charge is 0.388 e. The number of amides is 3. The molecule has 32 heavy (non-hydrogen) atoms. The Labute approximate surface area is 192 Å². The molecule has 1 unspecified atom stereocenters. The lowest BCUT2D eigenvalue weighted by atomic mass is 9.66. The van der Waals surface area contributed by atoms with Crippen molar-refractivity contribution in [2.24, 2.45) is 5.41 Å². The molecule has 0 bridgehead atoms. The highest BCUT2D eigenvalue weighted by Gasteiger charge is 2.47. The molecule has 3 amide bonds. The van der Waals surface area contributed by atoms with Gasteiger partial charge in [-0.25, -0.2) is 0 Å². The third-order valence-corrected chi connectivity index (χ3v) is 7.28. The Kier molecular flexibility index (Phi) is 6.98. The summed E-state index contributed by atoms with van der Waals surface area (Å²) in [5.41, 5.74) is -0.253. The molecule has 1 atom stereocenters. The smallest absolute Gasteiger partial charge is 0.254 e. The number of nitrogens with one attached hydrogen (secondary N) is 2. The molecule has 1 aliphatic heterocycles. The molecule has 2 rings (SSSR count). The van der Waals surface area contributed by atoms with E-state index in [4.69, 9.17) is 0 Å². The van der Waals surface area contributed by atoms with Crippen LogP contribution in [0.4, 0.5) is 5.69 Å². The standard InChI is InChI=1S/C26H39N3O3/c1-10-26(8,25(6,7)18-11-13-19(27-9)14-12-18)28-22(32)23(2,3)17-24(4,5)29-20(30)15-16-21(29)31/h11-16,27H,10,17H2,1-9H3,(H,28,32). The first-order valence-electron chi connectivity index (χ1n) is 11.3. The van der Waals surface area contributed by atoms with Crippen molar-refractivity contribution in [3.05, 3.63) is 42.0 Å². The number of hydrogen-bond acceptors (Lipinski definition) is 4. The minimum atomic E-state index is -0.796. The summed E-state index contributed by atoms with van der Waals surface area (Å²) in [5, 5.41) is 6.46. The topological polar surface area (TPSA) is 78.5 Å². The minimum absolute atomic E-state index is 0.0955. The minimum Gasteiger partial charge on any atom is -0.388 e. The maximum Gasteiger partial charge on any atom is 0.254 e. The lowest BCUT2D eigenvalue weighted by Crippen LogP contribution is -2.61. The molecule has 0 fully saturated rings. The zero-order valence-corrected chi connectivity index (χ0v) is 21.1. The summed E-state index contributed by atoms with van der Waals surface area (Å²) < 4.78 is 0. The summed E-state index contributed by atoms with van der Waals surface area (Å²) in [5.74, 6) is -0.761. The lowest BCUT2D eigenvalue weighted by molar-refractivity contribution is -0.146. The molecule has 176 valence electrons. The van der Waals surface area contributed by atoms with Gasteiger partial charge in [-0.1, -0.05) is 46.8 Å². The van der Waals surface area contributed by atoms with Gasteiger partial charge in [0, 0.05) is 46.8 Å². The number of nitrogens with zero attached hydrogens (tertiary/aromatic N) is 1. The zero-order chi connectivity index (χ0) is 24.5. The molecule has 6 nitrogen and oxygen atoms in total. The van der Waals surface area contributed by atoms with Gasteiger partial charge in [-0.05, 0) is 51.3 Å². The number of benzene rings is 1. The van der Waals surface area contributed by atoms with Crippen LogP contribution < -0.4 is 10.6 Å².